The van der Waals surface area contributed by atoms with Gasteiger partial charge in [-0.1, -0.05) is 49.6 Å². The summed E-state index contributed by atoms with van der Waals surface area (Å²) < 4.78 is 34.7. The Morgan fingerprint density at radius 3 is 2.34 bits per heavy atom. The van der Waals surface area contributed by atoms with E-state index in [1.54, 1.807) is 23.2 Å². The summed E-state index contributed by atoms with van der Waals surface area (Å²) in [5.74, 6) is -0.0846. The number of ether oxygens (including phenoxy) is 1. The zero-order chi connectivity index (χ0) is 20.9. The number of carbonyl (C=O) groups is 1. The highest BCUT2D eigenvalue weighted by Crippen LogP contribution is 2.25. The first-order chi connectivity index (χ1) is 13.9. The van der Waals surface area contributed by atoms with Gasteiger partial charge in [0.25, 0.3) is 16.1 Å². The maximum absolute atomic E-state index is 13.0. The average Bonchev–Trinajstić information content (AvgIpc) is 2.77. The van der Waals surface area contributed by atoms with Crippen LogP contribution in [0.5, 0.6) is 0 Å². The fraction of sp³-hybridized carbons (Fsp3) is 0.667. The predicted octanol–water partition coefficient (Wildman–Crippen LogP) is 2.25. The van der Waals surface area contributed by atoms with Gasteiger partial charge in [0.05, 0.1) is 6.61 Å². The number of hydrogen-bond donors (Lipinski definition) is 0. The summed E-state index contributed by atoms with van der Waals surface area (Å²) in [5, 5.41) is 0. The topological polar surface area (TPSA) is 70.2 Å². The van der Waals surface area contributed by atoms with Crippen LogP contribution in [0.1, 0.15) is 44.6 Å². The van der Waals surface area contributed by atoms with Crippen molar-refractivity contribution in [1.29, 1.82) is 0 Å². The molecular weight excluding hydrogens is 390 g/mol. The SMILES string of the molecule is CC(OCc1ccccc1)C(=O)N1CCN(S(=O)(=O)N(C)C2CCCCC2)CC1. The molecule has 0 N–H and O–H groups in total. The molecule has 7 nitrogen and oxygen atoms in total. The molecule has 2 aliphatic rings. The largest absolute Gasteiger partial charge is 0.364 e. The minimum atomic E-state index is -3.48. The predicted molar refractivity (Wildman–Crippen MR) is 112 cm³/mol. The standard InChI is InChI=1S/C21H33N3O4S/c1-18(28-17-19-9-5-3-6-10-19)21(25)23-13-15-24(16-14-23)29(26,27)22(2)20-11-7-4-8-12-20/h3,5-6,9-10,18,20H,4,7-8,11-17H2,1-2H3. The molecule has 162 valence electrons. The van der Waals surface area contributed by atoms with Gasteiger partial charge in [-0.15, -0.1) is 0 Å². The molecule has 29 heavy (non-hydrogen) atoms. The molecule has 0 radical (unpaired) electrons. The van der Waals surface area contributed by atoms with Crippen molar-refractivity contribution in [1.82, 2.24) is 13.5 Å². The van der Waals surface area contributed by atoms with Crippen LogP contribution < -0.4 is 0 Å². The zero-order valence-electron chi connectivity index (χ0n) is 17.5. The van der Waals surface area contributed by atoms with E-state index in [9.17, 15) is 13.2 Å². The molecule has 1 saturated carbocycles. The van der Waals surface area contributed by atoms with E-state index < -0.39 is 16.3 Å². The van der Waals surface area contributed by atoms with Crippen LogP contribution in [0.15, 0.2) is 30.3 Å². The van der Waals surface area contributed by atoms with Gasteiger partial charge in [0.2, 0.25) is 0 Å². The highest BCUT2D eigenvalue weighted by Gasteiger charge is 2.36. The summed E-state index contributed by atoms with van der Waals surface area (Å²) in [6, 6.07) is 9.84. The van der Waals surface area contributed by atoms with Crippen molar-refractivity contribution >= 4 is 16.1 Å². The third-order valence-corrected chi connectivity index (χ3v) is 8.06. The molecule has 1 aromatic rings. The molecular formula is C21H33N3O4S. The lowest BCUT2D eigenvalue weighted by molar-refractivity contribution is -0.144. The van der Waals surface area contributed by atoms with Crippen molar-refractivity contribution in [2.24, 2.45) is 0 Å². The van der Waals surface area contributed by atoms with Gasteiger partial charge in [-0.05, 0) is 25.3 Å². The van der Waals surface area contributed by atoms with Crippen LogP contribution in [0.2, 0.25) is 0 Å². The van der Waals surface area contributed by atoms with Gasteiger partial charge in [0.15, 0.2) is 0 Å². The molecule has 3 rings (SSSR count). The van der Waals surface area contributed by atoms with E-state index in [1.807, 2.05) is 30.3 Å². The van der Waals surface area contributed by atoms with Crippen LogP contribution in [-0.2, 0) is 26.3 Å². The quantitative estimate of drug-likeness (QED) is 0.674. The number of hydrogen-bond acceptors (Lipinski definition) is 4. The monoisotopic (exact) mass is 423 g/mol. The number of amides is 1. The number of carbonyl (C=O) groups excluding carboxylic acids is 1. The number of rotatable bonds is 7. The molecule has 1 heterocycles. The highest BCUT2D eigenvalue weighted by atomic mass is 32.2. The molecule has 1 aliphatic heterocycles. The maximum Gasteiger partial charge on any atom is 0.282 e. The molecule has 0 bridgehead atoms. The molecule has 1 unspecified atom stereocenters. The molecule has 1 atom stereocenters. The summed E-state index contributed by atoms with van der Waals surface area (Å²) in [5.41, 5.74) is 1.02. The van der Waals surface area contributed by atoms with Gasteiger partial charge in [0.1, 0.15) is 6.10 Å². The van der Waals surface area contributed by atoms with Crippen molar-refractivity contribution in [2.75, 3.05) is 33.2 Å². The maximum atomic E-state index is 13.0. The Labute approximate surface area is 174 Å². The Kier molecular flexibility index (Phi) is 7.67. The smallest absolute Gasteiger partial charge is 0.282 e. The number of piperazine rings is 1. The highest BCUT2D eigenvalue weighted by molar-refractivity contribution is 7.86. The first kappa shape index (κ1) is 22.2. The minimum Gasteiger partial charge on any atom is -0.364 e. The third kappa shape index (κ3) is 5.57. The average molecular weight is 424 g/mol. The van der Waals surface area contributed by atoms with E-state index in [1.165, 1.54) is 10.7 Å². The van der Waals surface area contributed by atoms with Crippen molar-refractivity contribution in [2.45, 2.75) is 57.8 Å². The second-order valence-corrected chi connectivity index (χ2v) is 9.97. The van der Waals surface area contributed by atoms with E-state index in [-0.39, 0.29) is 11.9 Å². The van der Waals surface area contributed by atoms with E-state index in [0.29, 0.717) is 32.8 Å². The van der Waals surface area contributed by atoms with Crippen LogP contribution in [0.3, 0.4) is 0 Å². The van der Waals surface area contributed by atoms with Crippen molar-refractivity contribution in [3.05, 3.63) is 35.9 Å². The number of benzene rings is 1. The van der Waals surface area contributed by atoms with Crippen molar-refractivity contribution < 1.29 is 17.9 Å². The second-order valence-electron chi connectivity index (χ2n) is 7.98. The Bertz CT molecular complexity index is 757. The lowest BCUT2D eigenvalue weighted by Crippen LogP contribution is -2.56. The van der Waals surface area contributed by atoms with Gasteiger partial charge >= 0.3 is 0 Å². The van der Waals surface area contributed by atoms with Gasteiger partial charge < -0.3 is 9.64 Å². The number of nitrogens with zero attached hydrogens (tertiary/aromatic N) is 3. The Hall–Kier alpha value is -1.48. The van der Waals surface area contributed by atoms with E-state index in [2.05, 4.69) is 0 Å². The molecule has 1 aromatic carbocycles. The molecule has 0 aromatic heterocycles. The first-order valence-electron chi connectivity index (χ1n) is 10.6. The lowest BCUT2D eigenvalue weighted by atomic mass is 9.96. The Morgan fingerprint density at radius 2 is 1.72 bits per heavy atom. The zero-order valence-corrected chi connectivity index (χ0v) is 18.3. The summed E-state index contributed by atoms with van der Waals surface area (Å²) in [4.78, 5) is 14.4. The minimum absolute atomic E-state index is 0.0846. The summed E-state index contributed by atoms with van der Waals surface area (Å²) in [7, 11) is -1.78. The second kappa shape index (κ2) is 10.0. The van der Waals surface area contributed by atoms with E-state index >= 15 is 0 Å². The fourth-order valence-electron chi connectivity index (χ4n) is 4.08. The molecule has 0 spiro atoms. The van der Waals surface area contributed by atoms with Crippen LogP contribution in [-0.4, -0.2) is 73.2 Å². The first-order valence-corrected chi connectivity index (χ1v) is 12.0. The van der Waals surface area contributed by atoms with Gasteiger partial charge in [0, 0.05) is 39.3 Å². The van der Waals surface area contributed by atoms with Crippen molar-refractivity contribution in [3.63, 3.8) is 0 Å². The van der Waals surface area contributed by atoms with Crippen LogP contribution in [0, 0.1) is 0 Å². The van der Waals surface area contributed by atoms with E-state index in [0.717, 1.165) is 31.2 Å². The molecule has 2 fully saturated rings. The van der Waals surface area contributed by atoms with Crippen LogP contribution in [0.25, 0.3) is 0 Å². The van der Waals surface area contributed by atoms with Crippen molar-refractivity contribution in [3.8, 4) is 0 Å². The van der Waals surface area contributed by atoms with Gasteiger partial charge in [-0.3, -0.25) is 4.79 Å². The summed E-state index contributed by atoms with van der Waals surface area (Å²) in [6.07, 6.45) is 4.69. The van der Waals surface area contributed by atoms with Gasteiger partial charge in [-0.25, -0.2) is 0 Å². The molecule has 1 amide bonds. The third-order valence-electron chi connectivity index (χ3n) is 6.02. The van der Waals surface area contributed by atoms with Crippen LogP contribution >= 0.6 is 0 Å². The molecule has 1 saturated heterocycles. The normalized spacial score (nSPS) is 20.7. The van der Waals surface area contributed by atoms with Gasteiger partial charge in [-0.2, -0.15) is 17.0 Å². The lowest BCUT2D eigenvalue weighted by Gasteiger charge is -2.39. The Balaban J connectivity index is 1.49. The summed E-state index contributed by atoms with van der Waals surface area (Å²) in [6.45, 7) is 3.60. The summed E-state index contributed by atoms with van der Waals surface area (Å²) >= 11 is 0. The van der Waals surface area contributed by atoms with E-state index in [4.69, 9.17) is 4.74 Å². The Morgan fingerprint density at radius 1 is 1.10 bits per heavy atom. The van der Waals surface area contributed by atoms with Crippen LogP contribution in [0.4, 0.5) is 0 Å². The molecule has 1 aliphatic carbocycles. The fourth-order valence-corrected chi connectivity index (χ4v) is 5.65. The molecule has 8 heteroatoms.